The SMILES string of the molecule is CCON=C(OP(C)(=O)SC(C)C)c1ccccc1F. The largest absolute Gasteiger partial charge is 0.414 e. The third kappa shape index (κ3) is 5.55. The Balaban J connectivity index is 3.03. The number of nitrogens with zero attached hydrogens (tertiary/aromatic N) is 1. The lowest BCUT2D eigenvalue weighted by atomic mass is 10.2. The molecule has 0 aliphatic carbocycles. The molecule has 0 saturated heterocycles. The lowest BCUT2D eigenvalue weighted by Gasteiger charge is -2.17. The van der Waals surface area contributed by atoms with Gasteiger partial charge in [-0.1, -0.05) is 37.4 Å². The maximum atomic E-state index is 13.8. The van der Waals surface area contributed by atoms with Crippen LogP contribution >= 0.6 is 18.0 Å². The van der Waals surface area contributed by atoms with Crippen molar-refractivity contribution >= 4 is 23.9 Å². The summed E-state index contributed by atoms with van der Waals surface area (Å²) in [5, 5.41) is 3.86. The van der Waals surface area contributed by atoms with Gasteiger partial charge in [-0.2, -0.15) is 0 Å². The van der Waals surface area contributed by atoms with E-state index in [-0.39, 0.29) is 16.7 Å². The zero-order chi connectivity index (χ0) is 15.2. The zero-order valence-corrected chi connectivity index (χ0v) is 13.7. The molecule has 1 rings (SSSR count). The molecule has 4 nitrogen and oxygen atoms in total. The van der Waals surface area contributed by atoms with E-state index in [2.05, 4.69) is 5.16 Å². The Morgan fingerprint density at radius 3 is 2.65 bits per heavy atom. The topological polar surface area (TPSA) is 47.9 Å². The second-order valence-electron chi connectivity index (χ2n) is 4.31. The number of hydrogen-bond acceptors (Lipinski definition) is 5. The van der Waals surface area contributed by atoms with E-state index in [1.54, 1.807) is 19.1 Å². The van der Waals surface area contributed by atoms with Gasteiger partial charge < -0.3 is 9.36 Å². The number of benzene rings is 1. The van der Waals surface area contributed by atoms with Crippen LogP contribution in [0.1, 0.15) is 26.3 Å². The van der Waals surface area contributed by atoms with Crippen LogP contribution in [0.2, 0.25) is 0 Å². The Bertz CT molecular complexity index is 522. The van der Waals surface area contributed by atoms with E-state index in [9.17, 15) is 8.96 Å². The van der Waals surface area contributed by atoms with Crippen molar-refractivity contribution in [2.45, 2.75) is 26.0 Å². The number of halogens is 1. The van der Waals surface area contributed by atoms with Gasteiger partial charge in [0.05, 0.1) is 5.56 Å². The van der Waals surface area contributed by atoms with Crippen molar-refractivity contribution in [2.24, 2.45) is 5.16 Å². The average Bonchev–Trinajstić information content (AvgIpc) is 2.33. The van der Waals surface area contributed by atoms with Gasteiger partial charge in [-0.25, -0.2) is 4.39 Å². The van der Waals surface area contributed by atoms with Crippen LogP contribution in [-0.4, -0.2) is 24.4 Å². The first-order valence-electron chi connectivity index (χ1n) is 6.26. The van der Waals surface area contributed by atoms with Crippen LogP contribution in [0.5, 0.6) is 0 Å². The van der Waals surface area contributed by atoms with Crippen LogP contribution in [0.25, 0.3) is 0 Å². The van der Waals surface area contributed by atoms with Gasteiger partial charge in [-0.3, -0.25) is 4.57 Å². The molecule has 112 valence electrons. The van der Waals surface area contributed by atoms with E-state index in [0.717, 1.165) is 0 Å². The molecule has 0 aromatic heterocycles. The van der Waals surface area contributed by atoms with Crippen molar-refractivity contribution in [1.82, 2.24) is 0 Å². The van der Waals surface area contributed by atoms with Crippen LogP contribution < -0.4 is 0 Å². The lowest BCUT2D eigenvalue weighted by molar-refractivity contribution is 0.153. The molecule has 0 aliphatic heterocycles. The molecule has 0 heterocycles. The van der Waals surface area contributed by atoms with Gasteiger partial charge in [0.25, 0.3) is 5.90 Å². The van der Waals surface area contributed by atoms with Crippen LogP contribution in [0.15, 0.2) is 29.4 Å². The molecule has 1 aromatic carbocycles. The van der Waals surface area contributed by atoms with E-state index in [1.807, 2.05) is 13.8 Å². The second kappa shape index (κ2) is 7.70. The smallest absolute Gasteiger partial charge is 0.301 e. The summed E-state index contributed by atoms with van der Waals surface area (Å²) >= 11 is 1.19. The normalized spacial score (nSPS) is 15.0. The molecular weight excluding hydrogens is 300 g/mol. The molecule has 0 N–H and O–H groups in total. The predicted octanol–water partition coefficient (Wildman–Crippen LogP) is 4.50. The fourth-order valence-corrected chi connectivity index (χ4v) is 5.33. The standard InChI is InChI=1S/C13H19FNO3PS/c1-5-17-15-13(11-8-6-7-9-12(11)14)18-19(4,16)20-10(2)3/h6-10H,5H2,1-4H3. The summed E-state index contributed by atoms with van der Waals surface area (Å²) in [6, 6.07) is 6.01. The molecule has 1 aromatic rings. The number of hydrogen-bond donors (Lipinski definition) is 0. The van der Waals surface area contributed by atoms with Crippen LogP contribution in [0.3, 0.4) is 0 Å². The van der Waals surface area contributed by atoms with Gasteiger partial charge in [0.15, 0.2) is 0 Å². The van der Waals surface area contributed by atoms with Crippen LogP contribution in [-0.2, 0) is 13.9 Å². The first-order valence-corrected chi connectivity index (χ1v) is 9.81. The molecule has 1 atom stereocenters. The average molecular weight is 319 g/mol. The summed E-state index contributed by atoms with van der Waals surface area (Å²) in [5.41, 5.74) is 0.132. The molecule has 7 heteroatoms. The lowest BCUT2D eigenvalue weighted by Crippen LogP contribution is -2.08. The van der Waals surface area contributed by atoms with E-state index >= 15 is 0 Å². The Hall–Kier alpha value is -1.00. The Morgan fingerprint density at radius 1 is 1.45 bits per heavy atom. The maximum absolute atomic E-state index is 13.8. The highest BCUT2D eigenvalue weighted by molar-refractivity contribution is 8.56. The fourth-order valence-electron chi connectivity index (χ4n) is 1.43. The molecule has 0 fully saturated rings. The molecular formula is C13H19FNO3PS. The minimum atomic E-state index is -2.99. The van der Waals surface area contributed by atoms with Gasteiger partial charge >= 0.3 is 6.57 Å². The molecule has 1 unspecified atom stereocenters. The summed E-state index contributed by atoms with van der Waals surface area (Å²) in [4.78, 5) is 4.92. The minimum absolute atomic E-state index is 0.0936. The summed E-state index contributed by atoms with van der Waals surface area (Å²) in [5.74, 6) is -0.593. The molecule has 0 bridgehead atoms. The van der Waals surface area contributed by atoms with Gasteiger partial charge in [-0.15, -0.1) is 0 Å². The van der Waals surface area contributed by atoms with E-state index in [4.69, 9.17) is 9.36 Å². The summed E-state index contributed by atoms with van der Waals surface area (Å²) in [7, 11) is 0. The fraction of sp³-hybridized carbons (Fsp3) is 0.462. The first kappa shape index (κ1) is 17.1. The molecule has 0 saturated carbocycles. The first-order chi connectivity index (χ1) is 9.35. The van der Waals surface area contributed by atoms with Gasteiger partial charge in [-0.05, 0) is 24.2 Å². The highest BCUT2D eigenvalue weighted by Gasteiger charge is 2.25. The van der Waals surface area contributed by atoms with E-state index in [0.29, 0.717) is 6.61 Å². The van der Waals surface area contributed by atoms with Crippen molar-refractivity contribution in [2.75, 3.05) is 13.3 Å². The maximum Gasteiger partial charge on any atom is 0.301 e. The van der Waals surface area contributed by atoms with Crippen molar-refractivity contribution in [1.29, 1.82) is 0 Å². The monoisotopic (exact) mass is 319 g/mol. The minimum Gasteiger partial charge on any atom is -0.414 e. The van der Waals surface area contributed by atoms with Crippen molar-refractivity contribution < 1.29 is 18.3 Å². The quantitative estimate of drug-likeness (QED) is 0.335. The third-order valence-corrected chi connectivity index (χ3v) is 5.98. The van der Waals surface area contributed by atoms with Crippen molar-refractivity contribution in [3.8, 4) is 0 Å². The molecule has 0 radical (unpaired) electrons. The van der Waals surface area contributed by atoms with Crippen molar-refractivity contribution in [3.63, 3.8) is 0 Å². The summed E-state index contributed by atoms with van der Waals surface area (Å²) in [6.07, 6.45) is 0. The molecule has 0 spiro atoms. The van der Waals surface area contributed by atoms with E-state index in [1.165, 1.54) is 30.2 Å². The third-order valence-electron chi connectivity index (χ3n) is 2.04. The Kier molecular flexibility index (Phi) is 6.56. The van der Waals surface area contributed by atoms with Gasteiger partial charge in [0, 0.05) is 11.9 Å². The molecule has 20 heavy (non-hydrogen) atoms. The Morgan fingerprint density at radius 2 is 2.10 bits per heavy atom. The summed E-state index contributed by atoms with van der Waals surface area (Å²) in [6.45, 7) is 4.37. The predicted molar refractivity (Wildman–Crippen MR) is 81.9 cm³/mol. The Labute approximate surface area is 122 Å². The molecule has 0 aliphatic rings. The van der Waals surface area contributed by atoms with Gasteiger partial charge in [0.1, 0.15) is 12.4 Å². The summed E-state index contributed by atoms with van der Waals surface area (Å²) < 4.78 is 31.6. The van der Waals surface area contributed by atoms with Crippen molar-refractivity contribution in [3.05, 3.63) is 35.6 Å². The zero-order valence-electron chi connectivity index (χ0n) is 12.0. The van der Waals surface area contributed by atoms with Crippen LogP contribution in [0.4, 0.5) is 4.39 Å². The van der Waals surface area contributed by atoms with Crippen LogP contribution in [0, 0.1) is 5.82 Å². The highest BCUT2D eigenvalue weighted by Crippen LogP contribution is 2.58. The van der Waals surface area contributed by atoms with Gasteiger partial charge in [0.2, 0.25) is 0 Å². The number of oxime groups is 1. The highest BCUT2D eigenvalue weighted by atomic mass is 32.7. The van der Waals surface area contributed by atoms with E-state index < -0.39 is 12.4 Å². The second-order valence-corrected chi connectivity index (χ2v) is 9.81. The number of rotatable bonds is 6. The molecule has 0 amide bonds.